The Bertz CT molecular complexity index is 293. The molecule has 1 rings (SSSR count). The van der Waals surface area contributed by atoms with E-state index in [2.05, 4.69) is 25.2 Å². The summed E-state index contributed by atoms with van der Waals surface area (Å²) < 4.78 is 4.17. The summed E-state index contributed by atoms with van der Waals surface area (Å²) in [5.41, 5.74) is 3.70. The molecular formula is C7H13N5S. The Hall–Kier alpha value is -1.17. The number of nitrogens with one attached hydrogen (secondary N) is 2. The number of hydrazone groups is 1. The summed E-state index contributed by atoms with van der Waals surface area (Å²) >= 11 is 1.36. The molecule has 6 heteroatoms. The Balaban J connectivity index is 2.58. The van der Waals surface area contributed by atoms with Gasteiger partial charge in [-0.15, -0.1) is 0 Å². The van der Waals surface area contributed by atoms with Crippen LogP contribution < -0.4 is 10.7 Å². The van der Waals surface area contributed by atoms with Crippen molar-refractivity contribution >= 4 is 22.4 Å². The Labute approximate surface area is 81.4 Å². The van der Waals surface area contributed by atoms with E-state index in [1.807, 2.05) is 14.0 Å². The molecule has 0 aromatic carbocycles. The lowest BCUT2D eigenvalue weighted by Crippen LogP contribution is -2.05. The van der Waals surface area contributed by atoms with E-state index >= 15 is 0 Å². The fraction of sp³-hybridized carbons (Fsp3) is 0.571. The second-order valence-corrected chi connectivity index (χ2v) is 3.27. The molecule has 0 amide bonds. The average molecular weight is 199 g/mol. The second-order valence-electron chi connectivity index (χ2n) is 2.51. The van der Waals surface area contributed by atoms with Crippen LogP contribution in [0.25, 0.3) is 0 Å². The number of aromatic nitrogens is 2. The maximum Gasteiger partial charge on any atom is 0.202 e. The van der Waals surface area contributed by atoms with Gasteiger partial charge in [0, 0.05) is 37.8 Å². The first-order valence-corrected chi connectivity index (χ1v) is 4.74. The normalized spacial score (nSPS) is 11.5. The van der Waals surface area contributed by atoms with E-state index in [9.17, 15) is 0 Å². The van der Waals surface area contributed by atoms with E-state index in [4.69, 9.17) is 0 Å². The van der Waals surface area contributed by atoms with Gasteiger partial charge in [-0.3, -0.25) is 0 Å². The molecule has 5 nitrogen and oxygen atoms in total. The molecule has 2 N–H and O–H groups in total. The van der Waals surface area contributed by atoms with Crippen molar-refractivity contribution in [1.29, 1.82) is 0 Å². The lowest BCUT2D eigenvalue weighted by molar-refractivity contribution is 0.888. The molecule has 0 bridgehead atoms. The van der Waals surface area contributed by atoms with Crippen molar-refractivity contribution in [2.24, 2.45) is 5.10 Å². The molecule has 0 aliphatic rings. The van der Waals surface area contributed by atoms with Gasteiger partial charge in [-0.2, -0.15) is 9.47 Å². The third-order valence-corrected chi connectivity index (χ3v) is 2.17. The molecule has 0 fully saturated rings. The quantitative estimate of drug-likeness (QED) is 0.554. The standard InChI is InChI=1S/C7H13N5S/c1-5(11-9-3)4-6-10-7(8-2)13-12-6/h9H,4H2,1-3H3,(H,8,10,12)/b11-5+. The van der Waals surface area contributed by atoms with Crippen molar-refractivity contribution in [3.8, 4) is 0 Å². The topological polar surface area (TPSA) is 62.2 Å². The Morgan fingerprint density at radius 2 is 2.31 bits per heavy atom. The van der Waals surface area contributed by atoms with Crippen LogP contribution in [0.1, 0.15) is 12.7 Å². The van der Waals surface area contributed by atoms with Crippen molar-refractivity contribution in [3.63, 3.8) is 0 Å². The number of hydrogen-bond donors (Lipinski definition) is 2. The van der Waals surface area contributed by atoms with Gasteiger partial charge >= 0.3 is 0 Å². The molecule has 13 heavy (non-hydrogen) atoms. The molecule has 0 unspecified atom stereocenters. The lowest BCUT2D eigenvalue weighted by Gasteiger charge is -1.94. The first-order valence-electron chi connectivity index (χ1n) is 3.96. The Morgan fingerprint density at radius 3 is 2.85 bits per heavy atom. The van der Waals surface area contributed by atoms with Gasteiger partial charge in [0.05, 0.1) is 0 Å². The Morgan fingerprint density at radius 1 is 1.54 bits per heavy atom. The van der Waals surface area contributed by atoms with Gasteiger partial charge in [0.25, 0.3) is 0 Å². The van der Waals surface area contributed by atoms with Crippen LogP contribution in [-0.2, 0) is 6.42 Å². The molecule has 72 valence electrons. The van der Waals surface area contributed by atoms with E-state index in [1.54, 1.807) is 7.05 Å². The van der Waals surface area contributed by atoms with Gasteiger partial charge in [0.15, 0.2) is 0 Å². The summed E-state index contributed by atoms with van der Waals surface area (Å²) in [5, 5.41) is 7.81. The summed E-state index contributed by atoms with van der Waals surface area (Å²) in [6, 6.07) is 0. The van der Waals surface area contributed by atoms with Crippen molar-refractivity contribution in [2.75, 3.05) is 19.4 Å². The summed E-state index contributed by atoms with van der Waals surface area (Å²) in [4.78, 5) is 4.24. The van der Waals surface area contributed by atoms with Gasteiger partial charge in [-0.25, -0.2) is 4.98 Å². The molecule has 0 aliphatic carbocycles. The molecule has 0 saturated carbocycles. The molecule has 0 aliphatic heterocycles. The van der Waals surface area contributed by atoms with Crippen LogP contribution in [0.2, 0.25) is 0 Å². The summed E-state index contributed by atoms with van der Waals surface area (Å²) in [5.74, 6) is 0.811. The zero-order chi connectivity index (χ0) is 9.68. The summed E-state index contributed by atoms with van der Waals surface area (Å²) in [6.45, 7) is 1.94. The highest BCUT2D eigenvalue weighted by molar-refractivity contribution is 7.09. The van der Waals surface area contributed by atoms with Crippen molar-refractivity contribution in [3.05, 3.63) is 5.82 Å². The number of anilines is 1. The molecule has 0 spiro atoms. The van der Waals surface area contributed by atoms with Crippen LogP contribution >= 0.6 is 11.5 Å². The minimum Gasteiger partial charge on any atom is -0.363 e. The monoisotopic (exact) mass is 199 g/mol. The highest BCUT2D eigenvalue weighted by Crippen LogP contribution is 2.09. The fourth-order valence-corrected chi connectivity index (χ4v) is 1.42. The smallest absolute Gasteiger partial charge is 0.202 e. The molecule has 1 aromatic rings. The van der Waals surface area contributed by atoms with E-state index in [0.717, 1.165) is 16.7 Å². The zero-order valence-electron chi connectivity index (χ0n) is 7.96. The minimum absolute atomic E-state index is 0.693. The summed E-state index contributed by atoms with van der Waals surface area (Å²) in [7, 11) is 3.61. The van der Waals surface area contributed by atoms with E-state index < -0.39 is 0 Å². The SMILES string of the molecule is CN/N=C(\C)Cc1nsc(NC)n1. The van der Waals surface area contributed by atoms with Gasteiger partial charge in [-0.05, 0) is 6.92 Å². The van der Waals surface area contributed by atoms with Crippen LogP contribution in [0.4, 0.5) is 5.13 Å². The predicted octanol–water partition coefficient (Wildman–Crippen LogP) is 0.718. The largest absolute Gasteiger partial charge is 0.363 e. The van der Waals surface area contributed by atoms with Crippen molar-refractivity contribution < 1.29 is 0 Å². The maximum atomic E-state index is 4.24. The van der Waals surface area contributed by atoms with E-state index in [1.165, 1.54) is 11.5 Å². The third kappa shape index (κ3) is 2.98. The van der Waals surface area contributed by atoms with Crippen LogP contribution in [0.15, 0.2) is 5.10 Å². The van der Waals surface area contributed by atoms with Crippen molar-refractivity contribution in [2.45, 2.75) is 13.3 Å². The predicted molar refractivity (Wildman–Crippen MR) is 55.3 cm³/mol. The first-order chi connectivity index (χ1) is 6.26. The molecule has 0 radical (unpaired) electrons. The van der Waals surface area contributed by atoms with E-state index in [0.29, 0.717) is 6.42 Å². The van der Waals surface area contributed by atoms with Gasteiger partial charge in [0.2, 0.25) is 5.13 Å². The maximum absolute atomic E-state index is 4.24. The van der Waals surface area contributed by atoms with Crippen LogP contribution in [0.5, 0.6) is 0 Å². The highest BCUT2D eigenvalue weighted by Gasteiger charge is 2.03. The lowest BCUT2D eigenvalue weighted by atomic mass is 10.3. The second kappa shape index (κ2) is 4.76. The number of rotatable bonds is 4. The van der Waals surface area contributed by atoms with Gasteiger partial charge in [-0.1, -0.05) is 0 Å². The van der Waals surface area contributed by atoms with Crippen LogP contribution in [-0.4, -0.2) is 29.2 Å². The molecule has 0 saturated heterocycles. The number of nitrogens with zero attached hydrogens (tertiary/aromatic N) is 3. The molecule has 1 aromatic heterocycles. The first kappa shape index (κ1) is 9.91. The van der Waals surface area contributed by atoms with E-state index in [-0.39, 0.29) is 0 Å². The molecule has 0 atom stereocenters. The third-order valence-electron chi connectivity index (χ3n) is 1.40. The highest BCUT2D eigenvalue weighted by atomic mass is 32.1. The Kier molecular flexibility index (Phi) is 3.63. The average Bonchev–Trinajstić information content (AvgIpc) is 2.52. The van der Waals surface area contributed by atoms with Crippen LogP contribution in [0.3, 0.4) is 0 Å². The van der Waals surface area contributed by atoms with Gasteiger partial charge < -0.3 is 10.7 Å². The molecular weight excluding hydrogens is 186 g/mol. The minimum atomic E-state index is 0.693. The van der Waals surface area contributed by atoms with Crippen molar-refractivity contribution in [1.82, 2.24) is 14.8 Å². The number of hydrogen-bond acceptors (Lipinski definition) is 6. The van der Waals surface area contributed by atoms with Gasteiger partial charge in [0.1, 0.15) is 5.82 Å². The fourth-order valence-electron chi connectivity index (χ4n) is 0.887. The summed E-state index contributed by atoms with van der Waals surface area (Å²) in [6.07, 6.45) is 0.693. The molecule has 1 heterocycles. The zero-order valence-corrected chi connectivity index (χ0v) is 8.77. The van der Waals surface area contributed by atoms with Crippen LogP contribution in [0, 0.1) is 0 Å².